The van der Waals surface area contributed by atoms with Crippen LogP contribution < -0.4 is 10.6 Å². The van der Waals surface area contributed by atoms with Crippen LogP contribution >= 0.6 is 0 Å². The van der Waals surface area contributed by atoms with E-state index in [1.807, 2.05) is 4.90 Å². The van der Waals surface area contributed by atoms with Crippen molar-refractivity contribution in [3.05, 3.63) is 29.8 Å². The molecule has 55 heavy (non-hydrogen) atoms. The zero-order valence-corrected chi connectivity index (χ0v) is 31.3. The molecule has 0 radical (unpaired) electrons. The zero-order valence-electron chi connectivity index (χ0n) is 31.3. The van der Waals surface area contributed by atoms with Gasteiger partial charge in [0.15, 0.2) is 5.78 Å². The molecule has 304 valence electrons. The van der Waals surface area contributed by atoms with Crippen molar-refractivity contribution in [3.63, 3.8) is 0 Å². The minimum absolute atomic E-state index is 0.00613. The first-order valence-corrected chi connectivity index (χ1v) is 18.5. The van der Waals surface area contributed by atoms with Gasteiger partial charge in [0.1, 0.15) is 11.8 Å². The Labute approximate surface area is 320 Å². The first kappa shape index (κ1) is 44.9. The average Bonchev–Trinajstić information content (AvgIpc) is 3.62. The standard InChI is InChI=1S/C35H54BN7O12/c1-25(35(53)43-11-3-6-30(43)36(54)55)38-34(52)26-7-9-27(10-8-26)37-20-28(44)4-2-5-29(45)21-39-12-14-40(22-31(46)47)16-18-42(24-33(50)51)19-17-41(15-13-39)23-32(48)49/h7-10,25,30,37,54-55H,2-6,11-24H2,1H3,(H,38,52)(H,46,47)(H,48,49)(H,50,51)/t25-,30+/m1/s1. The molecule has 2 atom stereocenters. The summed E-state index contributed by atoms with van der Waals surface area (Å²) in [5.41, 5.74) is 0.875. The molecule has 0 aliphatic carbocycles. The van der Waals surface area contributed by atoms with Crippen LogP contribution in [0, 0.1) is 0 Å². The maximum absolute atomic E-state index is 13.0. The molecule has 2 aliphatic heterocycles. The molecule has 3 rings (SSSR count). The van der Waals surface area contributed by atoms with Gasteiger partial charge in [0.2, 0.25) is 5.91 Å². The van der Waals surface area contributed by atoms with Crippen molar-refractivity contribution >= 4 is 54.1 Å². The fraction of sp³-hybridized carbons (Fsp3) is 0.629. The highest BCUT2D eigenvalue weighted by molar-refractivity contribution is 6.43. The molecule has 1 aromatic rings. The van der Waals surface area contributed by atoms with Gasteiger partial charge in [-0.25, -0.2) is 0 Å². The maximum Gasteiger partial charge on any atom is 0.475 e. The fourth-order valence-corrected chi connectivity index (χ4v) is 6.59. The van der Waals surface area contributed by atoms with Crippen LogP contribution in [0.5, 0.6) is 0 Å². The van der Waals surface area contributed by atoms with Gasteiger partial charge in [-0.1, -0.05) is 0 Å². The number of amides is 2. The molecular weight excluding hydrogens is 721 g/mol. The monoisotopic (exact) mass is 775 g/mol. The predicted molar refractivity (Wildman–Crippen MR) is 199 cm³/mol. The Morgan fingerprint density at radius 2 is 1.15 bits per heavy atom. The molecule has 0 aromatic heterocycles. The summed E-state index contributed by atoms with van der Waals surface area (Å²) in [5, 5.41) is 52.9. The summed E-state index contributed by atoms with van der Waals surface area (Å²) in [6, 6.07) is 5.45. The van der Waals surface area contributed by atoms with Crippen molar-refractivity contribution in [2.45, 2.75) is 51.0 Å². The van der Waals surface area contributed by atoms with Crippen LogP contribution in [0.2, 0.25) is 0 Å². The largest absolute Gasteiger partial charge is 0.480 e. The number of nitrogens with one attached hydrogen (secondary N) is 2. The number of hydrogen-bond acceptors (Lipinski definition) is 14. The fourth-order valence-electron chi connectivity index (χ4n) is 6.59. The molecule has 0 spiro atoms. The topological polar surface area (TPSA) is 261 Å². The highest BCUT2D eigenvalue weighted by Crippen LogP contribution is 2.19. The minimum Gasteiger partial charge on any atom is -0.480 e. The number of carboxylic acids is 3. The Kier molecular flexibility index (Phi) is 18.6. The van der Waals surface area contributed by atoms with Crippen LogP contribution in [0.3, 0.4) is 0 Å². The number of benzene rings is 1. The normalized spacial score (nSPS) is 18.7. The van der Waals surface area contributed by atoms with E-state index in [1.165, 1.54) is 11.8 Å². The molecule has 1 aromatic carbocycles. The lowest BCUT2D eigenvalue weighted by molar-refractivity contribution is -0.140. The zero-order chi connectivity index (χ0) is 40.5. The highest BCUT2D eigenvalue weighted by atomic mass is 16.4. The number of aliphatic carboxylic acids is 3. The summed E-state index contributed by atoms with van der Waals surface area (Å²) in [4.78, 5) is 93.8. The summed E-state index contributed by atoms with van der Waals surface area (Å²) in [7, 11) is -1.65. The molecule has 2 heterocycles. The third-order valence-electron chi connectivity index (χ3n) is 9.60. The van der Waals surface area contributed by atoms with Crippen molar-refractivity contribution in [3.8, 4) is 0 Å². The van der Waals surface area contributed by atoms with Gasteiger partial charge in [0.25, 0.3) is 5.91 Å². The number of hydrogen-bond donors (Lipinski definition) is 7. The molecular formula is C35H54BN7O12. The van der Waals surface area contributed by atoms with Gasteiger partial charge < -0.3 is 40.9 Å². The summed E-state index contributed by atoms with van der Waals surface area (Å²) in [6.07, 6.45) is 1.69. The quantitative estimate of drug-likeness (QED) is 0.0750. The number of carbonyl (C=O) groups excluding carboxylic acids is 4. The van der Waals surface area contributed by atoms with Crippen LogP contribution in [-0.2, 0) is 28.8 Å². The van der Waals surface area contributed by atoms with E-state index >= 15 is 0 Å². The molecule has 20 heteroatoms. The van der Waals surface area contributed by atoms with Crippen LogP contribution in [0.15, 0.2) is 24.3 Å². The minimum atomic E-state index is -1.65. The van der Waals surface area contributed by atoms with E-state index in [2.05, 4.69) is 10.6 Å². The average molecular weight is 776 g/mol. The first-order valence-electron chi connectivity index (χ1n) is 18.5. The summed E-state index contributed by atoms with van der Waals surface area (Å²) >= 11 is 0. The lowest BCUT2D eigenvalue weighted by Gasteiger charge is -2.32. The Morgan fingerprint density at radius 1 is 0.691 bits per heavy atom. The van der Waals surface area contributed by atoms with Crippen molar-refractivity contribution in [2.24, 2.45) is 0 Å². The molecule has 2 aliphatic rings. The van der Waals surface area contributed by atoms with E-state index in [-0.39, 0.29) is 83.3 Å². The second-order valence-electron chi connectivity index (χ2n) is 14.0. The summed E-state index contributed by atoms with van der Waals surface area (Å²) in [6.45, 7) is 3.50. The van der Waals surface area contributed by atoms with E-state index in [4.69, 9.17) is 0 Å². The number of rotatable bonds is 19. The number of Topliss-reactive ketones (excluding diaryl/α,β-unsaturated/α-hetero) is 2. The Morgan fingerprint density at radius 3 is 1.60 bits per heavy atom. The van der Waals surface area contributed by atoms with Gasteiger partial charge in [-0.15, -0.1) is 0 Å². The number of carboxylic acid groups (broad SMARTS) is 3. The van der Waals surface area contributed by atoms with Crippen molar-refractivity contribution in [1.82, 2.24) is 29.8 Å². The van der Waals surface area contributed by atoms with Gasteiger partial charge in [-0.05, 0) is 50.5 Å². The molecule has 0 saturated carbocycles. The summed E-state index contributed by atoms with van der Waals surface area (Å²) < 4.78 is 0. The third-order valence-corrected chi connectivity index (χ3v) is 9.60. The van der Waals surface area contributed by atoms with Crippen LogP contribution in [0.1, 0.15) is 49.4 Å². The van der Waals surface area contributed by atoms with E-state index in [0.717, 1.165) is 0 Å². The smallest absolute Gasteiger partial charge is 0.475 e. The number of ketones is 2. The van der Waals surface area contributed by atoms with E-state index in [0.29, 0.717) is 63.2 Å². The second-order valence-corrected chi connectivity index (χ2v) is 14.0. The SMILES string of the molecule is C[C@@H](NC(=O)c1ccc(NCC(=O)CCCC(=O)CN2CCN(CC(=O)O)CCN(CC(=O)O)CCN(CC(=O)O)CC2)cc1)C(=O)N1CCC[C@H]1B(O)O. The molecule has 7 N–H and O–H groups in total. The number of carbonyl (C=O) groups is 7. The second kappa shape index (κ2) is 22.8. The van der Waals surface area contributed by atoms with Crippen molar-refractivity contribution < 1.29 is 58.9 Å². The first-order chi connectivity index (χ1) is 26.1. The van der Waals surface area contributed by atoms with Gasteiger partial charge in [0, 0.05) is 83.0 Å². The molecule has 2 saturated heterocycles. The van der Waals surface area contributed by atoms with Gasteiger partial charge in [0.05, 0.1) is 38.7 Å². The van der Waals surface area contributed by atoms with E-state index < -0.39 is 48.8 Å². The van der Waals surface area contributed by atoms with Crippen molar-refractivity contribution in [1.29, 1.82) is 0 Å². The van der Waals surface area contributed by atoms with Gasteiger partial charge in [-0.2, -0.15) is 0 Å². The lowest BCUT2D eigenvalue weighted by atomic mass is 9.78. The molecule has 2 amide bonds. The predicted octanol–water partition coefficient (Wildman–Crippen LogP) is -2.00. The lowest BCUT2D eigenvalue weighted by Crippen LogP contribution is -2.52. The molecule has 0 unspecified atom stereocenters. The molecule has 2 fully saturated rings. The molecule has 0 bridgehead atoms. The maximum atomic E-state index is 13.0. The highest BCUT2D eigenvalue weighted by Gasteiger charge is 2.38. The number of likely N-dealkylation sites (tertiary alicyclic amines) is 1. The van der Waals surface area contributed by atoms with Crippen LogP contribution in [0.25, 0.3) is 0 Å². The molecule has 19 nitrogen and oxygen atoms in total. The van der Waals surface area contributed by atoms with E-state index in [1.54, 1.807) is 39.0 Å². The summed E-state index contributed by atoms with van der Waals surface area (Å²) in [5.74, 6) is -4.96. The number of nitrogens with zero attached hydrogens (tertiary/aromatic N) is 5. The van der Waals surface area contributed by atoms with Crippen LogP contribution in [-0.4, -0.2) is 202 Å². The Balaban J connectivity index is 1.45. The van der Waals surface area contributed by atoms with Crippen molar-refractivity contribution in [2.75, 3.05) is 96.9 Å². The third kappa shape index (κ3) is 16.4. The van der Waals surface area contributed by atoms with Gasteiger partial charge in [-0.3, -0.25) is 53.2 Å². The number of anilines is 1. The Hall–Kier alpha value is -4.47. The van der Waals surface area contributed by atoms with Crippen LogP contribution in [0.4, 0.5) is 5.69 Å². The van der Waals surface area contributed by atoms with E-state index in [9.17, 15) is 58.9 Å². The van der Waals surface area contributed by atoms with Gasteiger partial charge >= 0.3 is 25.0 Å². The Bertz CT molecular complexity index is 1450.